The van der Waals surface area contributed by atoms with Gasteiger partial charge in [0.2, 0.25) is 0 Å². The van der Waals surface area contributed by atoms with Crippen molar-refractivity contribution in [2.24, 2.45) is 0 Å². The van der Waals surface area contributed by atoms with Crippen molar-refractivity contribution in [1.82, 2.24) is 24.4 Å². The number of hydrogen-bond acceptors (Lipinski definition) is 6. The second-order valence-corrected chi connectivity index (χ2v) is 9.73. The van der Waals surface area contributed by atoms with E-state index >= 15 is 0 Å². The van der Waals surface area contributed by atoms with Crippen LogP contribution in [0.1, 0.15) is 22.9 Å². The van der Waals surface area contributed by atoms with Crippen LogP contribution in [-0.2, 0) is 27.9 Å². The Hall–Kier alpha value is -4.32. The van der Waals surface area contributed by atoms with E-state index in [9.17, 15) is 27.5 Å². The molecule has 10 nitrogen and oxygen atoms in total. The third-order valence-corrected chi connectivity index (χ3v) is 7.25. The van der Waals surface area contributed by atoms with Gasteiger partial charge in [-0.15, -0.1) is 0 Å². The van der Waals surface area contributed by atoms with Gasteiger partial charge in [-0.2, -0.15) is 17.6 Å². The van der Waals surface area contributed by atoms with E-state index in [-0.39, 0.29) is 23.5 Å². The van der Waals surface area contributed by atoms with Gasteiger partial charge < -0.3 is 15.3 Å². The summed E-state index contributed by atoms with van der Waals surface area (Å²) in [6.07, 6.45) is 1.46. The van der Waals surface area contributed by atoms with Crippen LogP contribution in [0.5, 0.6) is 0 Å². The summed E-state index contributed by atoms with van der Waals surface area (Å²) in [6, 6.07) is 12.0. The molecule has 0 saturated carbocycles. The highest BCUT2D eigenvalue weighted by Crippen LogP contribution is 2.28. The molecule has 35 heavy (non-hydrogen) atoms. The summed E-state index contributed by atoms with van der Waals surface area (Å²) < 4.78 is 41.4. The summed E-state index contributed by atoms with van der Waals surface area (Å²) in [5.74, 6) is -1.40. The van der Waals surface area contributed by atoms with Crippen LogP contribution in [0.3, 0.4) is 0 Å². The smallest absolute Gasteiger partial charge is 0.405 e. The van der Waals surface area contributed by atoms with Crippen molar-refractivity contribution in [1.29, 1.82) is 0 Å². The number of carboxylic acid groups (broad SMARTS) is 1. The first-order chi connectivity index (χ1) is 16.7. The number of carbonyl (C=O) groups is 2. The number of nitrogens with one attached hydrogen (secondary N) is 1. The molecular weight excluding hydrogens is 477 g/mol. The summed E-state index contributed by atoms with van der Waals surface area (Å²) in [7, 11) is -3.99. The van der Waals surface area contributed by atoms with E-state index in [2.05, 4.69) is 15.4 Å². The average molecular weight is 495 g/mol. The molecule has 0 bridgehead atoms. The van der Waals surface area contributed by atoms with E-state index in [0.717, 1.165) is 10.2 Å². The molecule has 0 spiro atoms. The number of fused-ring (bicyclic) bond motifs is 2. The van der Waals surface area contributed by atoms with E-state index < -0.39 is 33.9 Å². The minimum atomic E-state index is -3.99. The van der Waals surface area contributed by atoms with Crippen molar-refractivity contribution in [3.05, 3.63) is 89.6 Å². The molecule has 2 N–H and O–H groups in total. The molecule has 2 aromatic heterocycles. The molecule has 5 rings (SSSR count). The first kappa shape index (κ1) is 22.5. The Bertz CT molecular complexity index is 1560. The normalized spacial score (nSPS) is 14.0. The fourth-order valence-corrected chi connectivity index (χ4v) is 5.22. The van der Waals surface area contributed by atoms with Crippen LogP contribution in [0.2, 0.25) is 0 Å². The fraction of sp³-hybridized carbons (Fsp3) is 0.130. The van der Waals surface area contributed by atoms with Gasteiger partial charge in [-0.1, -0.05) is 24.3 Å². The van der Waals surface area contributed by atoms with E-state index in [1.54, 1.807) is 24.4 Å². The lowest BCUT2D eigenvalue weighted by atomic mass is 10.1. The first-order valence-corrected chi connectivity index (χ1v) is 11.9. The standard InChI is InChI=1S/C23H18FN5O5S/c24-18-6-2-1-5-17(18)21(26-23(31)32)22(30)28-11-15-12-29(27-20(15)13-28)35(33,34)16-7-8-19-14(10-16)4-3-9-25-19/h1-10,12,21,26H,11,13H2,(H,31,32). The maximum atomic E-state index is 14.3. The minimum Gasteiger partial charge on any atom is -0.465 e. The van der Waals surface area contributed by atoms with Crippen molar-refractivity contribution in [2.45, 2.75) is 24.0 Å². The number of halogens is 1. The van der Waals surface area contributed by atoms with Gasteiger partial charge in [-0.3, -0.25) is 9.78 Å². The van der Waals surface area contributed by atoms with Gasteiger partial charge in [0, 0.05) is 35.5 Å². The molecule has 0 aliphatic carbocycles. The molecule has 0 radical (unpaired) electrons. The van der Waals surface area contributed by atoms with Crippen LogP contribution >= 0.6 is 0 Å². The number of carbonyl (C=O) groups excluding carboxylic acids is 1. The quantitative estimate of drug-likeness (QED) is 0.435. The zero-order valence-electron chi connectivity index (χ0n) is 18.0. The Morgan fingerprint density at radius 1 is 1.09 bits per heavy atom. The highest BCUT2D eigenvalue weighted by molar-refractivity contribution is 7.89. The Labute approximate surface area is 198 Å². The van der Waals surface area contributed by atoms with Gasteiger partial charge in [0.05, 0.1) is 22.7 Å². The second-order valence-electron chi connectivity index (χ2n) is 7.93. The van der Waals surface area contributed by atoms with Gasteiger partial charge in [0.15, 0.2) is 0 Å². The zero-order valence-corrected chi connectivity index (χ0v) is 18.8. The van der Waals surface area contributed by atoms with Crippen molar-refractivity contribution in [3.8, 4) is 0 Å². The predicted octanol–water partition coefficient (Wildman–Crippen LogP) is 2.66. The third kappa shape index (κ3) is 4.08. The Kier molecular flexibility index (Phi) is 5.44. The third-order valence-electron chi connectivity index (χ3n) is 5.72. The van der Waals surface area contributed by atoms with Crippen LogP contribution in [-0.4, -0.2) is 44.6 Å². The summed E-state index contributed by atoms with van der Waals surface area (Å²) in [5, 5.41) is 16.1. The molecule has 178 valence electrons. The highest BCUT2D eigenvalue weighted by Gasteiger charge is 2.35. The maximum absolute atomic E-state index is 14.3. The van der Waals surface area contributed by atoms with Crippen molar-refractivity contribution in [2.75, 3.05) is 0 Å². The molecule has 1 atom stereocenters. The molecule has 1 unspecified atom stereocenters. The molecule has 2 amide bonds. The van der Waals surface area contributed by atoms with Gasteiger partial charge >= 0.3 is 6.09 Å². The van der Waals surface area contributed by atoms with E-state index in [1.165, 1.54) is 41.4 Å². The Balaban J connectivity index is 1.39. The summed E-state index contributed by atoms with van der Waals surface area (Å²) >= 11 is 0. The molecule has 0 fully saturated rings. The monoisotopic (exact) mass is 495 g/mol. The van der Waals surface area contributed by atoms with Crippen LogP contribution < -0.4 is 5.32 Å². The van der Waals surface area contributed by atoms with Gasteiger partial charge in [-0.05, 0) is 30.3 Å². The van der Waals surface area contributed by atoms with Crippen LogP contribution in [0.15, 0.2) is 71.9 Å². The van der Waals surface area contributed by atoms with E-state index in [1.807, 2.05) is 0 Å². The number of rotatable bonds is 5. The SMILES string of the molecule is O=C(O)NC(C(=O)N1Cc2cn(S(=O)(=O)c3ccc4ncccc4c3)nc2C1)c1ccccc1F. The predicted molar refractivity (Wildman–Crippen MR) is 121 cm³/mol. The van der Waals surface area contributed by atoms with Crippen molar-refractivity contribution < 1.29 is 27.5 Å². The average Bonchev–Trinajstić information content (AvgIpc) is 3.42. The van der Waals surface area contributed by atoms with E-state index in [0.29, 0.717) is 22.2 Å². The number of pyridine rings is 1. The van der Waals surface area contributed by atoms with Crippen LogP contribution in [0.25, 0.3) is 10.9 Å². The molecule has 2 aromatic carbocycles. The molecular formula is C23H18FN5O5S. The number of benzene rings is 2. The molecule has 12 heteroatoms. The first-order valence-electron chi connectivity index (χ1n) is 10.4. The van der Waals surface area contributed by atoms with Gasteiger partial charge in [0.1, 0.15) is 11.9 Å². The maximum Gasteiger partial charge on any atom is 0.405 e. The topological polar surface area (TPSA) is 134 Å². The summed E-state index contributed by atoms with van der Waals surface area (Å²) in [5.41, 5.74) is 1.39. The number of hydrogen-bond donors (Lipinski definition) is 2. The van der Waals surface area contributed by atoms with Crippen molar-refractivity contribution >= 4 is 32.9 Å². The number of aromatic nitrogens is 3. The molecule has 1 aliphatic heterocycles. The lowest BCUT2D eigenvalue weighted by molar-refractivity contribution is -0.134. The second kappa shape index (κ2) is 8.47. The molecule has 0 saturated heterocycles. The summed E-state index contributed by atoms with van der Waals surface area (Å²) in [4.78, 5) is 29.9. The molecule has 4 aromatic rings. The van der Waals surface area contributed by atoms with Gasteiger partial charge in [0.25, 0.3) is 15.9 Å². The highest BCUT2D eigenvalue weighted by atomic mass is 32.2. The van der Waals surface area contributed by atoms with E-state index in [4.69, 9.17) is 0 Å². The number of nitrogens with zero attached hydrogens (tertiary/aromatic N) is 4. The minimum absolute atomic E-state index is 0.00240. The van der Waals surface area contributed by atoms with Crippen molar-refractivity contribution in [3.63, 3.8) is 0 Å². The number of amides is 2. The van der Waals surface area contributed by atoms with Gasteiger partial charge in [-0.25, -0.2) is 9.18 Å². The largest absolute Gasteiger partial charge is 0.465 e. The zero-order chi connectivity index (χ0) is 24.7. The van der Waals surface area contributed by atoms with Crippen LogP contribution in [0, 0.1) is 5.82 Å². The summed E-state index contributed by atoms with van der Waals surface area (Å²) in [6.45, 7) is -0.0534. The fourth-order valence-electron chi connectivity index (χ4n) is 4.02. The van der Waals surface area contributed by atoms with Crippen LogP contribution in [0.4, 0.5) is 9.18 Å². The Morgan fingerprint density at radius 3 is 2.63 bits per heavy atom. The molecule has 1 aliphatic rings. The molecule has 3 heterocycles. The Morgan fingerprint density at radius 2 is 1.89 bits per heavy atom. The lowest BCUT2D eigenvalue weighted by Gasteiger charge is -2.23. The lowest BCUT2D eigenvalue weighted by Crippen LogP contribution is -2.41.